The van der Waals surface area contributed by atoms with Gasteiger partial charge in [-0.2, -0.15) is 0 Å². The van der Waals surface area contributed by atoms with Crippen LogP contribution < -0.4 is 5.32 Å². The molecule has 0 radical (unpaired) electrons. The normalized spacial score (nSPS) is 11.1. The summed E-state index contributed by atoms with van der Waals surface area (Å²) in [5, 5.41) is 2.83. The van der Waals surface area contributed by atoms with Gasteiger partial charge in [0.15, 0.2) is 5.78 Å². The van der Waals surface area contributed by atoms with Crippen LogP contribution >= 0.6 is 0 Å². The molecule has 2 aromatic rings. The first-order valence-corrected chi connectivity index (χ1v) is 9.27. The third-order valence-corrected chi connectivity index (χ3v) is 4.41. The van der Waals surface area contributed by atoms with Crippen LogP contribution in [0.25, 0.3) is 0 Å². The fourth-order valence-corrected chi connectivity index (χ4v) is 2.86. The van der Waals surface area contributed by atoms with E-state index in [-0.39, 0.29) is 35.2 Å². The summed E-state index contributed by atoms with van der Waals surface area (Å²) < 4.78 is 0. The predicted octanol–water partition coefficient (Wildman–Crippen LogP) is 3.52. The lowest BCUT2D eigenvalue weighted by Crippen LogP contribution is -2.46. The number of carbonyl (C=O) groups is 3. The number of hydrogen-bond donors (Lipinski definition) is 1. The van der Waals surface area contributed by atoms with Crippen LogP contribution in [0.1, 0.15) is 58.2 Å². The third kappa shape index (κ3) is 5.28. The first kappa shape index (κ1) is 21.4. The van der Waals surface area contributed by atoms with E-state index in [2.05, 4.69) is 5.32 Å². The number of likely N-dealkylation sites (N-methyl/N-ethyl adjacent to an activating group) is 1. The van der Waals surface area contributed by atoms with Crippen LogP contribution in [0.5, 0.6) is 0 Å². The minimum absolute atomic E-state index is 0.0811. The maximum absolute atomic E-state index is 13.0. The molecule has 5 nitrogen and oxygen atoms in total. The second kappa shape index (κ2) is 8.38. The summed E-state index contributed by atoms with van der Waals surface area (Å²) in [4.78, 5) is 39.4. The van der Waals surface area contributed by atoms with E-state index in [0.29, 0.717) is 11.1 Å². The molecule has 5 heteroatoms. The van der Waals surface area contributed by atoms with Gasteiger partial charge in [0.2, 0.25) is 5.91 Å². The van der Waals surface area contributed by atoms with E-state index >= 15 is 0 Å². The molecular formula is C23H28N2O3. The van der Waals surface area contributed by atoms with E-state index in [1.54, 1.807) is 37.4 Å². The van der Waals surface area contributed by atoms with Crippen molar-refractivity contribution in [1.82, 2.24) is 10.2 Å². The number of benzene rings is 2. The molecule has 2 rings (SSSR count). The summed E-state index contributed by atoms with van der Waals surface area (Å²) in [6.45, 7) is 9.49. The molecule has 0 spiro atoms. The van der Waals surface area contributed by atoms with Crippen LogP contribution in [0.2, 0.25) is 0 Å². The Morgan fingerprint density at radius 2 is 1.54 bits per heavy atom. The van der Waals surface area contributed by atoms with Crippen molar-refractivity contribution in [2.24, 2.45) is 0 Å². The first-order chi connectivity index (χ1) is 13.0. The van der Waals surface area contributed by atoms with Gasteiger partial charge < -0.3 is 10.2 Å². The largest absolute Gasteiger partial charge is 0.350 e. The molecule has 0 aliphatic carbocycles. The maximum atomic E-state index is 13.0. The highest BCUT2D eigenvalue weighted by atomic mass is 16.2. The highest BCUT2D eigenvalue weighted by molar-refractivity contribution is 6.15. The molecule has 2 amide bonds. The molecule has 0 fully saturated rings. The zero-order chi connectivity index (χ0) is 21.1. The number of nitrogens with zero attached hydrogens (tertiary/aromatic N) is 1. The SMILES string of the molecule is Cc1ccc(C(=O)c2ccccc2C(=O)N(C)CC(=O)NC(C)(C)C)cc1C. The van der Waals surface area contributed by atoms with Crippen molar-refractivity contribution >= 4 is 17.6 Å². The Labute approximate surface area is 166 Å². The average molecular weight is 380 g/mol. The molecule has 0 atom stereocenters. The highest BCUT2D eigenvalue weighted by Crippen LogP contribution is 2.18. The zero-order valence-corrected chi connectivity index (χ0v) is 17.4. The summed E-state index contributed by atoms with van der Waals surface area (Å²) in [6.07, 6.45) is 0. The Morgan fingerprint density at radius 3 is 2.11 bits per heavy atom. The monoisotopic (exact) mass is 380 g/mol. The third-order valence-electron chi connectivity index (χ3n) is 4.41. The molecule has 0 aromatic heterocycles. The van der Waals surface area contributed by atoms with Gasteiger partial charge in [0.05, 0.1) is 12.1 Å². The smallest absolute Gasteiger partial charge is 0.254 e. The Bertz CT molecular complexity index is 910. The number of amides is 2. The van der Waals surface area contributed by atoms with Crippen LogP contribution in [0.15, 0.2) is 42.5 Å². The maximum Gasteiger partial charge on any atom is 0.254 e. The molecule has 0 saturated heterocycles. The Balaban J connectivity index is 2.27. The summed E-state index contributed by atoms with van der Waals surface area (Å²) in [7, 11) is 1.56. The Kier molecular flexibility index (Phi) is 6.39. The molecule has 0 unspecified atom stereocenters. The van der Waals surface area contributed by atoms with Gasteiger partial charge in [-0.15, -0.1) is 0 Å². The molecule has 148 valence electrons. The minimum atomic E-state index is -0.377. The number of ketones is 1. The van der Waals surface area contributed by atoms with E-state index in [4.69, 9.17) is 0 Å². The molecule has 28 heavy (non-hydrogen) atoms. The highest BCUT2D eigenvalue weighted by Gasteiger charge is 2.23. The number of hydrogen-bond acceptors (Lipinski definition) is 3. The second-order valence-electron chi connectivity index (χ2n) is 8.13. The summed E-state index contributed by atoms with van der Waals surface area (Å²) in [5.74, 6) is -0.822. The van der Waals surface area contributed by atoms with Gasteiger partial charge in [-0.05, 0) is 57.9 Å². The van der Waals surface area contributed by atoms with Crippen molar-refractivity contribution in [1.29, 1.82) is 0 Å². The van der Waals surface area contributed by atoms with Crippen LogP contribution in [-0.2, 0) is 4.79 Å². The van der Waals surface area contributed by atoms with Crippen molar-refractivity contribution in [2.75, 3.05) is 13.6 Å². The molecule has 0 bridgehead atoms. The van der Waals surface area contributed by atoms with E-state index < -0.39 is 0 Å². The van der Waals surface area contributed by atoms with Gasteiger partial charge in [-0.3, -0.25) is 14.4 Å². The van der Waals surface area contributed by atoms with Gasteiger partial charge in [0.1, 0.15) is 0 Å². The molecule has 1 N–H and O–H groups in total. The van der Waals surface area contributed by atoms with Crippen molar-refractivity contribution in [3.8, 4) is 0 Å². The quantitative estimate of drug-likeness (QED) is 0.807. The fraction of sp³-hybridized carbons (Fsp3) is 0.348. The zero-order valence-electron chi connectivity index (χ0n) is 17.4. The standard InChI is InChI=1S/C23H28N2O3/c1-15-11-12-17(13-16(15)2)21(27)18-9-7-8-10-19(18)22(28)25(6)14-20(26)24-23(3,4)5/h7-13H,14H2,1-6H3,(H,24,26). The number of aryl methyl sites for hydroxylation is 2. The van der Waals surface area contributed by atoms with Crippen molar-refractivity contribution < 1.29 is 14.4 Å². The fourth-order valence-electron chi connectivity index (χ4n) is 2.86. The average Bonchev–Trinajstić information content (AvgIpc) is 2.61. The van der Waals surface area contributed by atoms with E-state index in [1.165, 1.54) is 4.90 Å². The lowest BCUT2D eigenvalue weighted by atomic mass is 9.95. The molecule has 0 heterocycles. The van der Waals surface area contributed by atoms with Gasteiger partial charge in [0, 0.05) is 23.7 Å². The van der Waals surface area contributed by atoms with Crippen LogP contribution in [0.3, 0.4) is 0 Å². The minimum Gasteiger partial charge on any atom is -0.350 e. The molecule has 0 aliphatic rings. The summed E-state index contributed by atoms with van der Waals surface area (Å²) in [5.41, 5.74) is 2.90. The number of nitrogens with one attached hydrogen (secondary N) is 1. The Hall–Kier alpha value is -2.95. The molecule has 0 saturated carbocycles. The molecular weight excluding hydrogens is 352 g/mol. The van der Waals surface area contributed by atoms with Gasteiger partial charge >= 0.3 is 0 Å². The lowest BCUT2D eigenvalue weighted by Gasteiger charge is -2.24. The first-order valence-electron chi connectivity index (χ1n) is 9.27. The lowest BCUT2D eigenvalue weighted by molar-refractivity contribution is -0.122. The summed E-state index contributed by atoms with van der Waals surface area (Å²) in [6, 6.07) is 12.2. The second-order valence-corrected chi connectivity index (χ2v) is 8.13. The van der Waals surface area contributed by atoms with E-state index in [0.717, 1.165) is 11.1 Å². The van der Waals surface area contributed by atoms with Crippen molar-refractivity contribution in [3.05, 3.63) is 70.3 Å². The van der Waals surface area contributed by atoms with E-state index in [9.17, 15) is 14.4 Å². The predicted molar refractivity (Wildman–Crippen MR) is 111 cm³/mol. The molecule has 0 aliphatic heterocycles. The van der Waals surface area contributed by atoms with E-state index in [1.807, 2.05) is 46.8 Å². The van der Waals surface area contributed by atoms with Crippen LogP contribution in [-0.4, -0.2) is 41.6 Å². The van der Waals surface area contributed by atoms with Gasteiger partial charge in [0.25, 0.3) is 5.91 Å². The van der Waals surface area contributed by atoms with Gasteiger partial charge in [-0.25, -0.2) is 0 Å². The van der Waals surface area contributed by atoms with Crippen LogP contribution in [0.4, 0.5) is 0 Å². The topological polar surface area (TPSA) is 66.5 Å². The van der Waals surface area contributed by atoms with Crippen molar-refractivity contribution in [2.45, 2.75) is 40.2 Å². The van der Waals surface area contributed by atoms with Crippen LogP contribution in [0, 0.1) is 13.8 Å². The summed E-state index contributed by atoms with van der Waals surface area (Å²) >= 11 is 0. The Morgan fingerprint density at radius 1 is 0.929 bits per heavy atom. The number of rotatable bonds is 5. The number of carbonyl (C=O) groups excluding carboxylic acids is 3. The van der Waals surface area contributed by atoms with Crippen molar-refractivity contribution in [3.63, 3.8) is 0 Å². The van der Waals surface area contributed by atoms with Gasteiger partial charge in [-0.1, -0.05) is 30.3 Å². The molecule has 2 aromatic carbocycles.